The summed E-state index contributed by atoms with van der Waals surface area (Å²) in [6.07, 6.45) is 1.59. The standard InChI is InChI=1S/C15H12ClN3/c1-10-3-6-15(16)14(7-10)11(2)19-13-5-4-12(8-17)18-9-13/h3-7,9,19H,2H2,1H3. The van der Waals surface area contributed by atoms with Crippen LogP contribution in [0.4, 0.5) is 5.69 Å². The number of aromatic nitrogens is 1. The van der Waals surface area contributed by atoms with Crippen LogP contribution < -0.4 is 5.32 Å². The summed E-state index contributed by atoms with van der Waals surface area (Å²) in [5, 5.41) is 12.5. The van der Waals surface area contributed by atoms with Crippen molar-refractivity contribution in [3.8, 4) is 6.07 Å². The molecule has 0 aliphatic rings. The van der Waals surface area contributed by atoms with Crippen molar-refractivity contribution >= 4 is 23.0 Å². The molecule has 94 valence electrons. The second-order valence-corrected chi connectivity index (χ2v) is 4.54. The first kappa shape index (κ1) is 13.1. The average Bonchev–Trinajstić information content (AvgIpc) is 2.42. The molecule has 3 nitrogen and oxygen atoms in total. The van der Waals surface area contributed by atoms with E-state index in [1.54, 1.807) is 18.3 Å². The summed E-state index contributed by atoms with van der Waals surface area (Å²) in [5.74, 6) is 0. The summed E-state index contributed by atoms with van der Waals surface area (Å²) in [5.41, 5.74) is 3.80. The van der Waals surface area contributed by atoms with E-state index in [-0.39, 0.29) is 0 Å². The van der Waals surface area contributed by atoms with Crippen LogP contribution in [0.2, 0.25) is 5.02 Å². The van der Waals surface area contributed by atoms with E-state index < -0.39 is 0 Å². The Morgan fingerprint density at radius 1 is 1.37 bits per heavy atom. The highest BCUT2D eigenvalue weighted by Crippen LogP contribution is 2.25. The van der Waals surface area contributed by atoms with E-state index in [0.717, 1.165) is 16.8 Å². The monoisotopic (exact) mass is 269 g/mol. The zero-order chi connectivity index (χ0) is 13.8. The minimum absolute atomic E-state index is 0.379. The molecular weight excluding hydrogens is 258 g/mol. The average molecular weight is 270 g/mol. The molecule has 1 heterocycles. The van der Waals surface area contributed by atoms with Gasteiger partial charge in [0, 0.05) is 16.3 Å². The van der Waals surface area contributed by atoms with Crippen molar-refractivity contribution in [3.63, 3.8) is 0 Å². The molecule has 0 bridgehead atoms. The molecule has 0 spiro atoms. The Hall–Kier alpha value is -2.31. The Labute approximate surface area is 117 Å². The number of pyridine rings is 1. The third-order valence-corrected chi connectivity index (χ3v) is 2.95. The quantitative estimate of drug-likeness (QED) is 0.916. The van der Waals surface area contributed by atoms with E-state index in [1.165, 1.54) is 0 Å². The molecule has 0 saturated heterocycles. The molecule has 2 aromatic rings. The molecule has 0 unspecified atom stereocenters. The highest BCUT2D eigenvalue weighted by atomic mass is 35.5. The largest absolute Gasteiger partial charge is 0.354 e. The molecule has 1 aromatic carbocycles. The van der Waals surface area contributed by atoms with Crippen LogP contribution in [-0.4, -0.2) is 4.98 Å². The molecule has 1 N–H and O–H groups in total. The van der Waals surface area contributed by atoms with Gasteiger partial charge in [-0.3, -0.25) is 0 Å². The van der Waals surface area contributed by atoms with Crippen LogP contribution in [0.25, 0.3) is 5.70 Å². The number of aryl methyl sites for hydroxylation is 1. The summed E-state index contributed by atoms with van der Waals surface area (Å²) < 4.78 is 0. The number of anilines is 1. The third kappa shape index (κ3) is 3.12. The van der Waals surface area contributed by atoms with Gasteiger partial charge in [-0.25, -0.2) is 4.98 Å². The van der Waals surface area contributed by atoms with E-state index in [9.17, 15) is 0 Å². The highest BCUT2D eigenvalue weighted by molar-refractivity contribution is 6.32. The predicted molar refractivity (Wildman–Crippen MR) is 77.8 cm³/mol. The zero-order valence-electron chi connectivity index (χ0n) is 10.4. The Morgan fingerprint density at radius 3 is 2.79 bits per heavy atom. The fourth-order valence-electron chi connectivity index (χ4n) is 1.65. The van der Waals surface area contributed by atoms with Crippen LogP contribution in [0.5, 0.6) is 0 Å². The van der Waals surface area contributed by atoms with Crippen LogP contribution in [0.3, 0.4) is 0 Å². The van der Waals surface area contributed by atoms with Crippen molar-refractivity contribution in [2.24, 2.45) is 0 Å². The Kier molecular flexibility index (Phi) is 3.84. The van der Waals surface area contributed by atoms with E-state index in [4.69, 9.17) is 16.9 Å². The Balaban J connectivity index is 2.21. The second kappa shape index (κ2) is 5.55. The van der Waals surface area contributed by atoms with Gasteiger partial charge in [-0.2, -0.15) is 5.26 Å². The number of hydrogen-bond donors (Lipinski definition) is 1. The Morgan fingerprint density at radius 2 is 2.16 bits per heavy atom. The summed E-state index contributed by atoms with van der Waals surface area (Å²) in [7, 11) is 0. The summed E-state index contributed by atoms with van der Waals surface area (Å²) in [4.78, 5) is 3.99. The van der Waals surface area contributed by atoms with Crippen LogP contribution in [0.15, 0.2) is 43.1 Å². The van der Waals surface area contributed by atoms with Crippen LogP contribution in [0.1, 0.15) is 16.8 Å². The minimum Gasteiger partial charge on any atom is -0.354 e. The Bertz CT molecular complexity index is 654. The maximum Gasteiger partial charge on any atom is 0.140 e. The van der Waals surface area contributed by atoms with E-state index in [2.05, 4.69) is 16.9 Å². The predicted octanol–water partition coefficient (Wildman–Crippen LogP) is 4.00. The fourth-order valence-corrected chi connectivity index (χ4v) is 1.88. The summed E-state index contributed by atoms with van der Waals surface area (Å²) in [6.45, 7) is 5.97. The lowest BCUT2D eigenvalue weighted by molar-refractivity contribution is 1.26. The number of nitriles is 1. The lowest BCUT2D eigenvalue weighted by atomic mass is 10.1. The molecule has 0 aliphatic heterocycles. The van der Waals surface area contributed by atoms with Gasteiger partial charge < -0.3 is 5.32 Å². The molecule has 0 atom stereocenters. The molecular formula is C15H12ClN3. The van der Waals surface area contributed by atoms with E-state index in [0.29, 0.717) is 16.4 Å². The molecule has 4 heteroatoms. The number of nitrogens with one attached hydrogen (secondary N) is 1. The number of halogens is 1. The van der Waals surface area contributed by atoms with Gasteiger partial charge in [0.25, 0.3) is 0 Å². The third-order valence-electron chi connectivity index (χ3n) is 2.62. The number of rotatable bonds is 3. The van der Waals surface area contributed by atoms with Crippen molar-refractivity contribution in [1.29, 1.82) is 5.26 Å². The van der Waals surface area contributed by atoms with Gasteiger partial charge in [0.05, 0.1) is 11.9 Å². The molecule has 0 fully saturated rings. The van der Waals surface area contributed by atoms with Gasteiger partial charge >= 0.3 is 0 Å². The van der Waals surface area contributed by atoms with Gasteiger partial charge in [0.15, 0.2) is 0 Å². The highest BCUT2D eigenvalue weighted by Gasteiger charge is 2.05. The lowest BCUT2D eigenvalue weighted by Crippen LogP contribution is -1.99. The molecule has 2 rings (SSSR count). The van der Waals surface area contributed by atoms with Gasteiger partial charge in [-0.1, -0.05) is 29.8 Å². The van der Waals surface area contributed by atoms with Crippen molar-refractivity contribution < 1.29 is 0 Å². The molecule has 0 amide bonds. The zero-order valence-corrected chi connectivity index (χ0v) is 11.2. The van der Waals surface area contributed by atoms with Crippen molar-refractivity contribution in [1.82, 2.24) is 4.98 Å². The SMILES string of the molecule is C=C(Nc1ccc(C#N)nc1)c1cc(C)ccc1Cl. The van der Waals surface area contributed by atoms with Crippen LogP contribution in [0, 0.1) is 18.3 Å². The first-order chi connectivity index (χ1) is 9.10. The lowest BCUT2D eigenvalue weighted by Gasteiger charge is -2.11. The minimum atomic E-state index is 0.379. The molecule has 1 aromatic heterocycles. The van der Waals surface area contributed by atoms with Crippen molar-refractivity contribution in [2.45, 2.75) is 6.92 Å². The normalized spacial score (nSPS) is 9.74. The maximum atomic E-state index is 8.69. The van der Waals surface area contributed by atoms with Crippen molar-refractivity contribution in [3.05, 3.63) is 65.0 Å². The number of hydrogen-bond acceptors (Lipinski definition) is 3. The van der Waals surface area contributed by atoms with E-state index in [1.807, 2.05) is 31.2 Å². The molecule has 19 heavy (non-hydrogen) atoms. The van der Waals surface area contributed by atoms with Crippen LogP contribution in [-0.2, 0) is 0 Å². The van der Waals surface area contributed by atoms with Gasteiger partial charge in [-0.15, -0.1) is 0 Å². The van der Waals surface area contributed by atoms with Gasteiger partial charge in [0.2, 0.25) is 0 Å². The second-order valence-electron chi connectivity index (χ2n) is 4.13. The molecule has 0 saturated carbocycles. The first-order valence-corrected chi connectivity index (χ1v) is 6.06. The summed E-state index contributed by atoms with van der Waals surface area (Å²) in [6, 6.07) is 11.2. The molecule has 0 radical (unpaired) electrons. The first-order valence-electron chi connectivity index (χ1n) is 5.69. The fraction of sp³-hybridized carbons (Fsp3) is 0.0667. The van der Waals surface area contributed by atoms with Crippen molar-refractivity contribution in [2.75, 3.05) is 5.32 Å². The van der Waals surface area contributed by atoms with Gasteiger partial charge in [-0.05, 0) is 31.2 Å². The maximum absolute atomic E-state index is 8.69. The van der Waals surface area contributed by atoms with Gasteiger partial charge in [0.1, 0.15) is 11.8 Å². The number of benzene rings is 1. The number of nitrogens with zero attached hydrogens (tertiary/aromatic N) is 2. The topological polar surface area (TPSA) is 48.7 Å². The van der Waals surface area contributed by atoms with E-state index >= 15 is 0 Å². The molecule has 0 aliphatic carbocycles. The summed E-state index contributed by atoms with van der Waals surface area (Å²) >= 11 is 6.15. The smallest absolute Gasteiger partial charge is 0.140 e. The van der Waals surface area contributed by atoms with Crippen LogP contribution >= 0.6 is 11.6 Å².